The van der Waals surface area contributed by atoms with Gasteiger partial charge in [0.05, 0.1) is 30.6 Å². The summed E-state index contributed by atoms with van der Waals surface area (Å²) in [5, 5.41) is 3.16. The zero-order chi connectivity index (χ0) is 36.3. The second-order valence-corrected chi connectivity index (χ2v) is 11.9. The minimum absolute atomic E-state index is 0.0384. The number of carbonyl (C=O) groups is 1. The van der Waals surface area contributed by atoms with E-state index in [0.29, 0.717) is 34.8 Å². The molecular formula is C36H35F4N5O6. The first-order chi connectivity index (χ1) is 24.4. The summed E-state index contributed by atoms with van der Waals surface area (Å²) in [6, 6.07) is 13.6. The molecular weight excluding hydrogens is 674 g/mol. The van der Waals surface area contributed by atoms with Gasteiger partial charge in [-0.3, -0.25) is 18.9 Å². The third kappa shape index (κ3) is 7.93. The lowest BCUT2D eigenvalue weighted by Gasteiger charge is -2.16. The van der Waals surface area contributed by atoms with Crippen molar-refractivity contribution in [3.63, 3.8) is 0 Å². The van der Waals surface area contributed by atoms with E-state index in [9.17, 15) is 22.8 Å². The van der Waals surface area contributed by atoms with Gasteiger partial charge >= 0.3 is 12.1 Å². The maximum Gasteiger partial charge on any atom is 0.573 e. The molecule has 0 aliphatic carbocycles. The van der Waals surface area contributed by atoms with Crippen molar-refractivity contribution >= 4 is 22.5 Å². The van der Waals surface area contributed by atoms with E-state index < -0.39 is 29.5 Å². The standard InChI is InChI=1S/C36H35F4N5O6/c1-22-33(43(2)35(47)45(22)24-8-10-25(11-9-24)51-36(38,39)40)34(46)42-23-7-12-30(27(37)19-23)50-29-13-14-41-28-21-32(31(48-3)20-26(28)29)49-18-6-17-44-15-4-5-16-44/h7-14,19-21H,4-6,15-18H2,1-3H3,(H,42,46). The molecule has 0 saturated carbocycles. The van der Waals surface area contributed by atoms with Gasteiger partial charge in [-0.25, -0.2) is 9.18 Å². The zero-order valence-corrected chi connectivity index (χ0v) is 28.1. The molecule has 5 aromatic rings. The summed E-state index contributed by atoms with van der Waals surface area (Å²) in [6.07, 6.45) is 0.00739. The van der Waals surface area contributed by atoms with Gasteiger partial charge in [-0.1, -0.05) is 0 Å². The van der Waals surface area contributed by atoms with Crippen LogP contribution in [0.15, 0.2) is 71.7 Å². The largest absolute Gasteiger partial charge is 0.573 e. The van der Waals surface area contributed by atoms with Gasteiger partial charge in [0.25, 0.3) is 5.91 Å². The number of methoxy groups -OCH3 is 1. The van der Waals surface area contributed by atoms with Crippen molar-refractivity contribution in [3.05, 3.63) is 94.5 Å². The van der Waals surface area contributed by atoms with Crippen LogP contribution in [-0.2, 0) is 7.05 Å². The Morgan fingerprint density at radius 3 is 2.39 bits per heavy atom. The Morgan fingerprint density at radius 1 is 0.961 bits per heavy atom. The maximum atomic E-state index is 15.4. The average molecular weight is 710 g/mol. The molecule has 3 aromatic carbocycles. The Labute approximate surface area is 289 Å². The first-order valence-corrected chi connectivity index (χ1v) is 16.2. The third-order valence-electron chi connectivity index (χ3n) is 8.51. The number of pyridine rings is 1. The van der Waals surface area contributed by atoms with Gasteiger partial charge in [0.2, 0.25) is 0 Å². The molecule has 1 amide bonds. The molecule has 0 bridgehead atoms. The van der Waals surface area contributed by atoms with Gasteiger partial charge in [-0.2, -0.15) is 0 Å². The molecule has 0 atom stereocenters. The van der Waals surface area contributed by atoms with E-state index in [1.807, 2.05) is 0 Å². The molecule has 1 aliphatic heterocycles. The van der Waals surface area contributed by atoms with E-state index in [4.69, 9.17) is 14.2 Å². The van der Waals surface area contributed by atoms with Gasteiger partial charge in [0.15, 0.2) is 23.1 Å². The third-order valence-corrected chi connectivity index (χ3v) is 8.51. The minimum Gasteiger partial charge on any atom is -0.493 e. The lowest BCUT2D eigenvalue weighted by atomic mass is 10.1. The zero-order valence-electron chi connectivity index (χ0n) is 28.1. The number of imidazole rings is 1. The number of benzene rings is 3. The molecule has 2 aromatic heterocycles. The predicted molar refractivity (Wildman–Crippen MR) is 181 cm³/mol. The first kappa shape index (κ1) is 35.3. The van der Waals surface area contributed by atoms with Crippen LogP contribution in [0.1, 0.15) is 35.4 Å². The summed E-state index contributed by atoms with van der Waals surface area (Å²) < 4.78 is 76.8. The highest BCUT2D eigenvalue weighted by Gasteiger charge is 2.31. The van der Waals surface area contributed by atoms with Crippen LogP contribution in [0, 0.1) is 12.7 Å². The van der Waals surface area contributed by atoms with Crippen LogP contribution in [0.4, 0.5) is 23.2 Å². The molecule has 3 heterocycles. The number of ether oxygens (including phenoxy) is 4. The van der Waals surface area contributed by atoms with E-state index in [-0.39, 0.29) is 28.5 Å². The Morgan fingerprint density at radius 2 is 1.71 bits per heavy atom. The predicted octanol–water partition coefficient (Wildman–Crippen LogP) is 6.99. The number of aromatic nitrogens is 3. The van der Waals surface area contributed by atoms with Crippen LogP contribution < -0.4 is 30.0 Å². The molecule has 15 heteroatoms. The van der Waals surface area contributed by atoms with Gasteiger partial charge in [-0.15, -0.1) is 13.2 Å². The second kappa shape index (κ2) is 14.7. The fourth-order valence-electron chi connectivity index (χ4n) is 6.09. The number of carbonyl (C=O) groups excluding carboxylic acids is 1. The summed E-state index contributed by atoms with van der Waals surface area (Å²) >= 11 is 0. The highest BCUT2D eigenvalue weighted by atomic mass is 19.4. The number of alkyl halides is 3. The number of amides is 1. The van der Waals surface area contributed by atoms with Gasteiger partial charge < -0.3 is 29.2 Å². The molecule has 268 valence electrons. The Balaban J connectivity index is 1.16. The topological polar surface area (TPSA) is 109 Å². The van der Waals surface area contributed by atoms with Crippen molar-refractivity contribution in [2.24, 2.45) is 7.05 Å². The number of hydrogen-bond acceptors (Lipinski definition) is 8. The van der Waals surface area contributed by atoms with Crippen molar-refractivity contribution in [2.45, 2.75) is 32.5 Å². The molecule has 6 rings (SSSR count). The van der Waals surface area contributed by atoms with Crippen LogP contribution in [0.5, 0.6) is 28.7 Å². The molecule has 0 spiro atoms. The highest BCUT2D eigenvalue weighted by Crippen LogP contribution is 2.38. The smallest absolute Gasteiger partial charge is 0.493 e. The monoisotopic (exact) mass is 709 g/mol. The van der Waals surface area contributed by atoms with Crippen molar-refractivity contribution in [1.29, 1.82) is 0 Å². The van der Waals surface area contributed by atoms with E-state index in [2.05, 4.69) is 19.9 Å². The number of halogens is 4. The van der Waals surface area contributed by atoms with Crippen LogP contribution in [0.2, 0.25) is 0 Å². The molecule has 0 unspecified atom stereocenters. The fraction of sp³-hybridized carbons (Fsp3) is 0.306. The molecule has 11 nitrogen and oxygen atoms in total. The Hall–Kier alpha value is -5.57. The van der Waals surface area contributed by atoms with E-state index in [1.165, 1.54) is 69.0 Å². The average Bonchev–Trinajstić information content (AvgIpc) is 3.69. The lowest BCUT2D eigenvalue weighted by Crippen LogP contribution is -2.24. The summed E-state index contributed by atoms with van der Waals surface area (Å²) in [4.78, 5) is 33.2. The van der Waals surface area contributed by atoms with Crippen LogP contribution >= 0.6 is 0 Å². The normalized spacial score (nSPS) is 13.4. The van der Waals surface area contributed by atoms with E-state index in [0.717, 1.165) is 48.8 Å². The van der Waals surface area contributed by atoms with E-state index in [1.54, 1.807) is 18.2 Å². The Bertz CT molecular complexity index is 2110. The number of nitrogens with one attached hydrogen (secondary N) is 1. The van der Waals surface area contributed by atoms with Crippen molar-refractivity contribution in [2.75, 3.05) is 38.7 Å². The van der Waals surface area contributed by atoms with Gasteiger partial charge in [0.1, 0.15) is 17.2 Å². The fourth-order valence-corrected chi connectivity index (χ4v) is 6.09. The molecule has 1 N–H and O–H groups in total. The number of likely N-dealkylation sites (tertiary alicyclic amines) is 1. The van der Waals surface area contributed by atoms with Crippen molar-refractivity contribution < 1.29 is 41.3 Å². The molecule has 0 radical (unpaired) electrons. The van der Waals surface area contributed by atoms with Crippen LogP contribution in [0.3, 0.4) is 0 Å². The maximum absolute atomic E-state index is 15.4. The number of anilines is 1. The quantitative estimate of drug-likeness (QED) is 0.109. The summed E-state index contributed by atoms with van der Waals surface area (Å²) in [6.45, 7) is 5.24. The number of fused-ring (bicyclic) bond motifs is 1. The van der Waals surface area contributed by atoms with E-state index >= 15 is 4.39 Å². The van der Waals surface area contributed by atoms with Gasteiger partial charge in [0, 0.05) is 43.0 Å². The lowest BCUT2D eigenvalue weighted by molar-refractivity contribution is -0.274. The van der Waals surface area contributed by atoms with Crippen molar-refractivity contribution in [3.8, 4) is 34.4 Å². The summed E-state index contributed by atoms with van der Waals surface area (Å²) in [5.74, 6) is -0.724. The Kier molecular flexibility index (Phi) is 10.2. The van der Waals surface area contributed by atoms with Crippen LogP contribution in [-0.4, -0.2) is 64.6 Å². The number of nitrogens with zero attached hydrogens (tertiary/aromatic N) is 4. The highest BCUT2D eigenvalue weighted by molar-refractivity contribution is 6.04. The van der Waals surface area contributed by atoms with Crippen LogP contribution in [0.25, 0.3) is 16.6 Å². The molecule has 51 heavy (non-hydrogen) atoms. The molecule has 1 fully saturated rings. The van der Waals surface area contributed by atoms with Gasteiger partial charge in [-0.05, 0) is 87.8 Å². The SMILES string of the molecule is COc1cc2c(Oc3ccc(NC(=O)c4c(C)n(-c5ccc(OC(F)(F)F)cc5)c(=O)n4C)cc3F)ccnc2cc1OCCCN1CCCC1. The van der Waals surface area contributed by atoms with Crippen molar-refractivity contribution in [1.82, 2.24) is 19.0 Å². The first-order valence-electron chi connectivity index (χ1n) is 16.2. The molecule has 1 saturated heterocycles. The number of hydrogen-bond donors (Lipinski definition) is 1. The number of rotatable bonds is 12. The summed E-state index contributed by atoms with van der Waals surface area (Å²) in [7, 11) is 2.91. The summed E-state index contributed by atoms with van der Waals surface area (Å²) in [5.41, 5.74) is 0.419. The molecule has 1 aliphatic rings. The second-order valence-electron chi connectivity index (χ2n) is 11.9. The minimum atomic E-state index is -4.87.